The Hall–Kier alpha value is -2.79. The molecule has 0 bridgehead atoms. The monoisotopic (exact) mass is 376 g/mol. The number of hydrogen-bond acceptors (Lipinski definition) is 9. The molecule has 11 heteroatoms. The molecule has 0 unspecified atom stereocenters. The van der Waals surface area contributed by atoms with Crippen LogP contribution in [-0.2, 0) is 17.0 Å². The zero-order chi connectivity index (χ0) is 18.4. The van der Waals surface area contributed by atoms with Crippen LogP contribution in [0, 0.1) is 10.1 Å². The van der Waals surface area contributed by atoms with E-state index < -0.39 is 4.92 Å². The van der Waals surface area contributed by atoms with Crippen LogP contribution in [0.4, 0.5) is 5.69 Å². The average Bonchev–Trinajstić information content (AvgIpc) is 3.29. The highest BCUT2D eigenvalue weighted by Gasteiger charge is 2.13. The highest BCUT2D eigenvalue weighted by Crippen LogP contribution is 2.23. The van der Waals surface area contributed by atoms with Gasteiger partial charge in [-0.1, -0.05) is 16.9 Å². The van der Waals surface area contributed by atoms with Crippen molar-refractivity contribution in [1.82, 2.24) is 24.9 Å². The molecular weight excluding hydrogens is 360 g/mol. The molecule has 0 amide bonds. The van der Waals surface area contributed by atoms with Gasteiger partial charge in [0.1, 0.15) is 6.33 Å². The smallest absolute Gasteiger partial charge is 0.269 e. The fraction of sp³-hybridized carbons (Fsp3) is 0.333. The summed E-state index contributed by atoms with van der Waals surface area (Å²) in [6.07, 6.45) is 2.54. The third-order valence-electron chi connectivity index (χ3n) is 3.46. The molecule has 0 fully saturated rings. The lowest BCUT2D eigenvalue weighted by Gasteiger charge is -2.04. The number of aryl methyl sites for hydroxylation is 1. The molecular formula is C15H16N6O4S. The van der Waals surface area contributed by atoms with E-state index in [2.05, 4.69) is 20.3 Å². The van der Waals surface area contributed by atoms with Gasteiger partial charge in [0.05, 0.1) is 10.7 Å². The first-order valence-electron chi connectivity index (χ1n) is 7.74. The van der Waals surface area contributed by atoms with Crippen LogP contribution < -0.4 is 0 Å². The van der Waals surface area contributed by atoms with E-state index in [-0.39, 0.29) is 5.69 Å². The lowest BCUT2D eigenvalue weighted by Crippen LogP contribution is -2.02. The normalized spacial score (nSPS) is 11.0. The number of nitro groups is 1. The number of non-ortho nitro benzene ring substituents is 1. The molecule has 1 aromatic carbocycles. The summed E-state index contributed by atoms with van der Waals surface area (Å²) in [5, 5.41) is 23.4. The highest BCUT2D eigenvalue weighted by atomic mass is 32.2. The second-order valence-electron chi connectivity index (χ2n) is 5.26. The van der Waals surface area contributed by atoms with Gasteiger partial charge in [-0.15, -0.1) is 10.2 Å². The SMILES string of the molecule is COCCCn1cnnc1SCc1nc(-c2ccc([N+](=O)[O-])cc2)no1. The maximum Gasteiger partial charge on any atom is 0.269 e. The van der Waals surface area contributed by atoms with Crippen molar-refractivity contribution in [3.05, 3.63) is 46.6 Å². The molecule has 0 N–H and O–H groups in total. The quantitative estimate of drug-likeness (QED) is 0.240. The summed E-state index contributed by atoms with van der Waals surface area (Å²) >= 11 is 1.44. The molecule has 3 aromatic rings. The van der Waals surface area contributed by atoms with E-state index in [9.17, 15) is 10.1 Å². The van der Waals surface area contributed by atoms with E-state index in [0.29, 0.717) is 29.6 Å². The van der Waals surface area contributed by atoms with Crippen LogP contribution in [0.15, 0.2) is 40.3 Å². The van der Waals surface area contributed by atoms with Crippen LogP contribution in [0.1, 0.15) is 12.3 Å². The minimum absolute atomic E-state index is 0.0147. The number of methoxy groups -OCH3 is 1. The zero-order valence-electron chi connectivity index (χ0n) is 13.9. The van der Waals surface area contributed by atoms with Gasteiger partial charge in [0.15, 0.2) is 5.16 Å². The Morgan fingerprint density at radius 2 is 2.15 bits per heavy atom. The lowest BCUT2D eigenvalue weighted by atomic mass is 10.2. The van der Waals surface area contributed by atoms with Crippen molar-refractivity contribution in [2.24, 2.45) is 0 Å². The predicted molar refractivity (Wildman–Crippen MR) is 92.5 cm³/mol. The Bertz CT molecular complexity index is 863. The molecule has 0 atom stereocenters. The Labute approximate surface area is 152 Å². The van der Waals surface area contributed by atoms with Crippen LogP contribution in [0.3, 0.4) is 0 Å². The number of rotatable bonds is 9. The number of benzene rings is 1. The van der Waals surface area contributed by atoms with E-state index in [4.69, 9.17) is 9.26 Å². The Kier molecular flexibility index (Phi) is 5.92. The fourth-order valence-corrected chi connectivity index (χ4v) is 2.96. The van der Waals surface area contributed by atoms with Crippen molar-refractivity contribution in [2.45, 2.75) is 23.9 Å². The summed E-state index contributed by atoms with van der Waals surface area (Å²) in [5.41, 5.74) is 0.666. The molecule has 0 saturated heterocycles. The topological polar surface area (TPSA) is 122 Å². The molecule has 2 heterocycles. The van der Waals surface area contributed by atoms with Crippen LogP contribution in [0.5, 0.6) is 0 Å². The van der Waals surface area contributed by atoms with Gasteiger partial charge in [-0.25, -0.2) is 0 Å². The molecule has 0 aliphatic heterocycles. The molecule has 136 valence electrons. The summed E-state index contributed by atoms with van der Waals surface area (Å²) in [7, 11) is 1.67. The first-order valence-corrected chi connectivity index (χ1v) is 8.73. The van der Waals surface area contributed by atoms with E-state index in [1.165, 1.54) is 23.9 Å². The van der Waals surface area contributed by atoms with Crippen molar-refractivity contribution >= 4 is 17.4 Å². The Morgan fingerprint density at radius 1 is 1.35 bits per heavy atom. The molecule has 0 spiro atoms. The standard InChI is InChI=1S/C15H16N6O4S/c1-24-8-2-7-20-10-16-18-15(20)26-9-13-17-14(19-25-13)11-3-5-12(6-4-11)21(22)23/h3-6,10H,2,7-9H2,1H3. The Balaban J connectivity index is 1.61. The Morgan fingerprint density at radius 3 is 2.88 bits per heavy atom. The number of aromatic nitrogens is 5. The van der Waals surface area contributed by atoms with Crippen LogP contribution in [0.2, 0.25) is 0 Å². The molecule has 3 rings (SSSR count). The minimum Gasteiger partial charge on any atom is -0.385 e. The van der Waals surface area contributed by atoms with E-state index in [1.54, 1.807) is 25.6 Å². The van der Waals surface area contributed by atoms with E-state index in [1.807, 2.05) is 4.57 Å². The van der Waals surface area contributed by atoms with Crippen LogP contribution in [0.25, 0.3) is 11.4 Å². The van der Waals surface area contributed by atoms with Gasteiger partial charge in [-0.2, -0.15) is 4.98 Å². The van der Waals surface area contributed by atoms with Gasteiger partial charge in [-0.3, -0.25) is 10.1 Å². The predicted octanol–water partition coefficient (Wildman–Crippen LogP) is 2.57. The summed E-state index contributed by atoms with van der Waals surface area (Å²) in [6.45, 7) is 1.44. The minimum atomic E-state index is -0.454. The second kappa shape index (κ2) is 8.54. The summed E-state index contributed by atoms with van der Waals surface area (Å²) in [5.74, 6) is 1.27. The van der Waals surface area contributed by atoms with Crippen LogP contribution >= 0.6 is 11.8 Å². The van der Waals surface area contributed by atoms with Crippen molar-refractivity contribution in [3.63, 3.8) is 0 Å². The molecule has 0 radical (unpaired) electrons. The van der Waals surface area contributed by atoms with Gasteiger partial charge in [0.2, 0.25) is 11.7 Å². The van der Waals surface area contributed by atoms with Gasteiger partial charge >= 0.3 is 0 Å². The molecule has 2 aromatic heterocycles. The van der Waals surface area contributed by atoms with Crippen molar-refractivity contribution in [2.75, 3.05) is 13.7 Å². The first kappa shape index (κ1) is 18.0. The maximum absolute atomic E-state index is 10.7. The summed E-state index contributed by atoms with van der Waals surface area (Å²) < 4.78 is 12.2. The summed E-state index contributed by atoms with van der Waals surface area (Å²) in [6, 6.07) is 5.99. The van der Waals surface area contributed by atoms with Crippen molar-refractivity contribution < 1.29 is 14.2 Å². The van der Waals surface area contributed by atoms with Gasteiger partial charge < -0.3 is 13.8 Å². The van der Waals surface area contributed by atoms with Crippen LogP contribution in [-0.4, -0.2) is 43.5 Å². The molecule has 10 nitrogen and oxygen atoms in total. The number of nitrogens with zero attached hydrogens (tertiary/aromatic N) is 6. The number of ether oxygens (including phenoxy) is 1. The van der Waals surface area contributed by atoms with Crippen molar-refractivity contribution in [1.29, 1.82) is 0 Å². The van der Waals surface area contributed by atoms with Gasteiger partial charge in [-0.05, 0) is 18.6 Å². The average molecular weight is 376 g/mol. The third kappa shape index (κ3) is 4.43. The van der Waals surface area contributed by atoms with Gasteiger partial charge in [0, 0.05) is 38.0 Å². The van der Waals surface area contributed by atoms with Crippen molar-refractivity contribution in [3.8, 4) is 11.4 Å². The maximum atomic E-state index is 10.7. The summed E-state index contributed by atoms with van der Waals surface area (Å²) in [4.78, 5) is 14.6. The number of thioether (sulfide) groups is 1. The molecule has 0 aliphatic carbocycles. The first-order chi connectivity index (χ1) is 12.7. The lowest BCUT2D eigenvalue weighted by molar-refractivity contribution is -0.384. The zero-order valence-corrected chi connectivity index (χ0v) is 14.8. The third-order valence-corrected chi connectivity index (χ3v) is 4.42. The fourth-order valence-electron chi connectivity index (χ4n) is 2.18. The number of nitro benzene ring substituents is 1. The van der Waals surface area contributed by atoms with E-state index in [0.717, 1.165) is 18.1 Å². The highest BCUT2D eigenvalue weighted by molar-refractivity contribution is 7.98. The largest absolute Gasteiger partial charge is 0.385 e. The second-order valence-corrected chi connectivity index (χ2v) is 6.20. The van der Waals surface area contributed by atoms with Gasteiger partial charge in [0.25, 0.3) is 5.69 Å². The molecule has 26 heavy (non-hydrogen) atoms. The molecule has 0 aliphatic rings. The number of hydrogen-bond donors (Lipinski definition) is 0. The molecule has 0 saturated carbocycles. The van der Waals surface area contributed by atoms with E-state index >= 15 is 0 Å².